The van der Waals surface area contributed by atoms with Crippen molar-refractivity contribution in [3.8, 4) is 0 Å². The quantitative estimate of drug-likeness (QED) is 0.545. The van der Waals surface area contributed by atoms with E-state index in [9.17, 15) is 0 Å². The average Bonchev–Trinajstić information content (AvgIpc) is 2.83. The zero-order chi connectivity index (χ0) is 11.4. The van der Waals surface area contributed by atoms with Crippen LogP contribution in [-0.4, -0.2) is 5.16 Å². The molecule has 0 N–H and O–H groups in total. The predicted molar refractivity (Wildman–Crippen MR) is 71.7 cm³/mol. The van der Waals surface area contributed by atoms with Crippen molar-refractivity contribution in [2.45, 2.75) is 44.9 Å². The van der Waals surface area contributed by atoms with E-state index in [0.29, 0.717) is 5.92 Å². The Bertz CT molecular complexity index is 413. The first-order chi connectivity index (χ1) is 7.86. The number of rotatable bonds is 3. The van der Waals surface area contributed by atoms with Crippen LogP contribution in [0.5, 0.6) is 0 Å². The molecule has 0 bridgehead atoms. The minimum absolute atomic E-state index is 0.689. The fourth-order valence-corrected chi connectivity index (χ4v) is 2.74. The number of isothiocyanates is 1. The first-order valence-electron chi connectivity index (χ1n) is 6.06. The number of hydrogen-bond donors (Lipinski definition) is 0. The van der Waals surface area contributed by atoms with Crippen molar-refractivity contribution in [2.24, 2.45) is 4.99 Å². The molecule has 1 aliphatic rings. The van der Waals surface area contributed by atoms with Gasteiger partial charge in [-0.25, -0.2) is 0 Å². The molecule has 16 heavy (non-hydrogen) atoms. The highest BCUT2D eigenvalue weighted by Crippen LogP contribution is 2.40. The number of hydrogen-bond acceptors (Lipinski definition) is 2. The third-order valence-electron chi connectivity index (χ3n) is 3.48. The summed E-state index contributed by atoms with van der Waals surface area (Å²) in [6.07, 6.45) is 6.31. The molecule has 1 aromatic rings. The molecular weight excluding hydrogens is 214 g/mol. The van der Waals surface area contributed by atoms with Crippen molar-refractivity contribution in [3.63, 3.8) is 0 Å². The molecule has 2 rings (SSSR count). The van der Waals surface area contributed by atoms with Gasteiger partial charge in [0.15, 0.2) is 0 Å². The second-order valence-electron chi connectivity index (χ2n) is 4.39. The van der Waals surface area contributed by atoms with Gasteiger partial charge in [-0.15, -0.1) is 0 Å². The summed E-state index contributed by atoms with van der Waals surface area (Å²) in [5, 5.41) is 2.53. The lowest BCUT2D eigenvalue weighted by Gasteiger charge is -2.14. The monoisotopic (exact) mass is 231 g/mol. The molecule has 0 amide bonds. The molecule has 1 saturated carbocycles. The van der Waals surface area contributed by atoms with E-state index in [0.717, 1.165) is 12.1 Å². The lowest BCUT2D eigenvalue weighted by Crippen LogP contribution is -1.95. The van der Waals surface area contributed by atoms with Crippen molar-refractivity contribution in [2.75, 3.05) is 0 Å². The van der Waals surface area contributed by atoms with Gasteiger partial charge in [0.1, 0.15) is 0 Å². The summed E-state index contributed by atoms with van der Waals surface area (Å²) in [5.74, 6) is 0.689. The molecule has 0 heterocycles. The molecule has 1 aliphatic carbocycles. The summed E-state index contributed by atoms with van der Waals surface area (Å²) < 4.78 is 0. The number of aryl methyl sites for hydroxylation is 1. The minimum atomic E-state index is 0.689. The molecule has 0 spiro atoms. The molecule has 2 heteroatoms. The van der Waals surface area contributed by atoms with Crippen LogP contribution in [0.15, 0.2) is 23.2 Å². The van der Waals surface area contributed by atoms with Crippen LogP contribution in [-0.2, 0) is 6.42 Å². The maximum Gasteiger partial charge on any atom is 0.0806 e. The molecule has 0 atom stereocenters. The highest BCUT2D eigenvalue weighted by atomic mass is 32.1. The van der Waals surface area contributed by atoms with E-state index in [1.165, 1.54) is 36.8 Å². The summed E-state index contributed by atoms with van der Waals surface area (Å²) in [6.45, 7) is 2.16. The van der Waals surface area contributed by atoms with E-state index in [4.69, 9.17) is 12.2 Å². The second-order valence-corrected chi connectivity index (χ2v) is 4.58. The molecular formula is C14H17NS. The first-order valence-corrected chi connectivity index (χ1v) is 6.47. The molecule has 1 nitrogen and oxygen atoms in total. The zero-order valence-corrected chi connectivity index (χ0v) is 10.5. The van der Waals surface area contributed by atoms with Crippen LogP contribution in [0.1, 0.15) is 49.7 Å². The number of thiocarbonyl (C=S) groups is 1. The Labute approximate surface area is 103 Å². The number of nitrogens with zero attached hydrogens (tertiary/aromatic N) is 1. The van der Waals surface area contributed by atoms with Crippen molar-refractivity contribution in [1.29, 1.82) is 0 Å². The number of para-hydroxylation sites is 1. The highest BCUT2D eigenvalue weighted by Gasteiger charge is 2.20. The molecule has 0 unspecified atom stereocenters. The average molecular weight is 231 g/mol. The normalized spacial score (nSPS) is 16.1. The van der Waals surface area contributed by atoms with Crippen molar-refractivity contribution < 1.29 is 0 Å². The summed E-state index contributed by atoms with van der Waals surface area (Å²) in [4.78, 5) is 4.29. The third-order valence-corrected chi connectivity index (χ3v) is 3.58. The maximum absolute atomic E-state index is 4.76. The molecule has 0 aromatic heterocycles. The smallest absolute Gasteiger partial charge is 0.0806 e. The molecule has 1 fully saturated rings. The standard InChI is InChI=1S/C14H17NS/c1-2-11-8-5-9-13(14(11)15-10-16)12-6-3-4-7-12/h5,8-9,12H,2-4,6-7H2,1H3. The fourth-order valence-electron chi connectivity index (χ4n) is 2.64. The van der Waals surface area contributed by atoms with E-state index in [1.807, 2.05) is 0 Å². The summed E-state index contributed by atoms with van der Waals surface area (Å²) >= 11 is 4.76. The van der Waals surface area contributed by atoms with Gasteiger partial charge < -0.3 is 0 Å². The van der Waals surface area contributed by atoms with Crippen LogP contribution in [0.2, 0.25) is 0 Å². The lowest BCUT2D eigenvalue weighted by atomic mass is 9.93. The van der Waals surface area contributed by atoms with Gasteiger partial charge in [0.2, 0.25) is 0 Å². The maximum atomic E-state index is 4.76. The van der Waals surface area contributed by atoms with E-state index >= 15 is 0 Å². The summed E-state index contributed by atoms with van der Waals surface area (Å²) in [7, 11) is 0. The van der Waals surface area contributed by atoms with Crippen LogP contribution in [0.4, 0.5) is 5.69 Å². The molecule has 0 aliphatic heterocycles. The van der Waals surface area contributed by atoms with E-state index in [1.54, 1.807) is 0 Å². The van der Waals surface area contributed by atoms with E-state index in [-0.39, 0.29) is 0 Å². The van der Waals surface area contributed by atoms with Gasteiger partial charge in [0.25, 0.3) is 0 Å². The largest absolute Gasteiger partial charge is 0.194 e. The molecule has 1 aromatic carbocycles. The first kappa shape index (κ1) is 11.5. The van der Waals surface area contributed by atoms with Gasteiger partial charge in [-0.2, -0.15) is 4.99 Å². The Balaban J connectivity index is 2.45. The van der Waals surface area contributed by atoms with Crippen LogP contribution in [0, 0.1) is 0 Å². The van der Waals surface area contributed by atoms with Gasteiger partial charge in [0.05, 0.1) is 10.8 Å². The SMILES string of the molecule is CCc1cccc(C2CCCC2)c1N=C=S. The van der Waals surface area contributed by atoms with Crippen molar-refractivity contribution in [3.05, 3.63) is 29.3 Å². The van der Waals surface area contributed by atoms with E-state index in [2.05, 4.69) is 35.3 Å². The van der Waals surface area contributed by atoms with Crippen molar-refractivity contribution in [1.82, 2.24) is 0 Å². The Morgan fingerprint density at radius 1 is 1.38 bits per heavy atom. The fraction of sp³-hybridized carbons (Fsp3) is 0.500. The van der Waals surface area contributed by atoms with Crippen LogP contribution in [0.3, 0.4) is 0 Å². The van der Waals surface area contributed by atoms with Gasteiger partial charge in [0, 0.05) is 0 Å². The predicted octanol–water partition coefficient (Wildman–Crippen LogP) is 4.64. The third kappa shape index (κ3) is 2.23. The Morgan fingerprint density at radius 2 is 2.12 bits per heavy atom. The van der Waals surface area contributed by atoms with Crippen LogP contribution >= 0.6 is 12.2 Å². The number of benzene rings is 1. The van der Waals surface area contributed by atoms with Crippen molar-refractivity contribution >= 4 is 23.1 Å². The van der Waals surface area contributed by atoms with Gasteiger partial charge in [-0.05, 0) is 48.5 Å². The van der Waals surface area contributed by atoms with E-state index < -0.39 is 0 Å². The summed E-state index contributed by atoms with van der Waals surface area (Å²) in [5.41, 5.74) is 3.77. The lowest BCUT2D eigenvalue weighted by molar-refractivity contribution is 0.723. The van der Waals surface area contributed by atoms with Gasteiger partial charge >= 0.3 is 0 Å². The summed E-state index contributed by atoms with van der Waals surface area (Å²) in [6, 6.07) is 6.50. The van der Waals surface area contributed by atoms with Crippen LogP contribution < -0.4 is 0 Å². The molecule has 0 radical (unpaired) electrons. The topological polar surface area (TPSA) is 12.4 Å². The Hall–Kier alpha value is -0.980. The Morgan fingerprint density at radius 3 is 2.75 bits per heavy atom. The zero-order valence-electron chi connectivity index (χ0n) is 9.70. The molecule has 0 saturated heterocycles. The number of aliphatic imine (C=N–C) groups is 1. The van der Waals surface area contributed by atoms with Gasteiger partial charge in [-0.3, -0.25) is 0 Å². The molecule has 84 valence electrons. The minimum Gasteiger partial charge on any atom is -0.194 e. The Kier molecular flexibility index (Phi) is 3.87. The second kappa shape index (κ2) is 5.38. The highest BCUT2D eigenvalue weighted by molar-refractivity contribution is 7.78. The van der Waals surface area contributed by atoms with Gasteiger partial charge in [-0.1, -0.05) is 38.0 Å². The van der Waals surface area contributed by atoms with Crippen LogP contribution in [0.25, 0.3) is 0 Å².